The molecular formula is C17H19N3O4. The molecule has 0 atom stereocenters. The number of carbonyl (C=O) groups is 1. The number of aromatic amines is 1. The van der Waals surface area contributed by atoms with E-state index in [-0.39, 0.29) is 23.7 Å². The summed E-state index contributed by atoms with van der Waals surface area (Å²) >= 11 is 0. The smallest absolute Gasteiger partial charge is 0.271 e. The summed E-state index contributed by atoms with van der Waals surface area (Å²) in [5.41, 5.74) is 1.54. The largest absolute Gasteiger partial charge is 0.493 e. The number of methoxy groups -OCH3 is 2. The van der Waals surface area contributed by atoms with Gasteiger partial charge in [0.15, 0.2) is 11.5 Å². The first-order valence-corrected chi connectivity index (χ1v) is 7.27. The van der Waals surface area contributed by atoms with Gasteiger partial charge < -0.3 is 14.8 Å². The number of ether oxygens (including phenoxy) is 2. The van der Waals surface area contributed by atoms with E-state index >= 15 is 0 Å². The zero-order chi connectivity index (χ0) is 17.5. The lowest BCUT2D eigenvalue weighted by Gasteiger charge is -2.14. The molecule has 1 heterocycles. The Balaban J connectivity index is 2.18. The summed E-state index contributed by atoms with van der Waals surface area (Å²) in [5.74, 6) is 0.851. The summed E-state index contributed by atoms with van der Waals surface area (Å²) in [5, 5.41) is 8.66. The van der Waals surface area contributed by atoms with Crippen LogP contribution in [0.5, 0.6) is 11.5 Å². The number of hydrogen-bond donors (Lipinski definition) is 2. The van der Waals surface area contributed by atoms with Crippen molar-refractivity contribution in [3.8, 4) is 11.5 Å². The highest BCUT2D eigenvalue weighted by Gasteiger charge is 2.13. The summed E-state index contributed by atoms with van der Waals surface area (Å²) < 4.78 is 10.7. The molecular weight excluding hydrogens is 310 g/mol. The molecule has 126 valence electrons. The molecule has 1 aromatic carbocycles. The molecule has 2 N–H and O–H groups in total. The van der Waals surface area contributed by atoms with E-state index in [1.165, 1.54) is 12.1 Å². The van der Waals surface area contributed by atoms with Crippen LogP contribution in [0.1, 0.15) is 21.6 Å². The number of allylic oxidation sites excluding steroid dienone is 1. The number of nitrogens with one attached hydrogen (secondary N) is 2. The molecule has 0 aliphatic rings. The van der Waals surface area contributed by atoms with Crippen LogP contribution in [-0.2, 0) is 13.0 Å². The van der Waals surface area contributed by atoms with Crippen molar-refractivity contribution in [1.82, 2.24) is 15.5 Å². The molecule has 0 aliphatic carbocycles. The maximum atomic E-state index is 12.0. The average molecular weight is 329 g/mol. The van der Waals surface area contributed by atoms with E-state index in [0.717, 1.165) is 11.1 Å². The van der Waals surface area contributed by atoms with Crippen LogP contribution in [-0.4, -0.2) is 30.3 Å². The maximum absolute atomic E-state index is 12.0. The second-order valence-electron chi connectivity index (χ2n) is 4.97. The fourth-order valence-corrected chi connectivity index (χ4v) is 2.26. The molecule has 0 saturated carbocycles. The Labute approximate surface area is 139 Å². The first-order valence-electron chi connectivity index (χ1n) is 7.27. The molecule has 0 bridgehead atoms. The highest BCUT2D eigenvalue weighted by atomic mass is 16.5. The van der Waals surface area contributed by atoms with E-state index in [1.54, 1.807) is 26.4 Å². The third kappa shape index (κ3) is 4.01. The van der Waals surface area contributed by atoms with Crippen LogP contribution in [0.25, 0.3) is 0 Å². The second kappa shape index (κ2) is 7.96. The molecule has 0 fully saturated rings. The predicted molar refractivity (Wildman–Crippen MR) is 89.5 cm³/mol. The highest BCUT2D eigenvalue weighted by molar-refractivity contribution is 5.91. The normalized spacial score (nSPS) is 10.1. The van der Waals surface area contributed by atoms with Crippen LogP contribution >= 0.6 is 0 Å². The van der Waals surface area contributed by atoms with Gasteiger partial charge in [0.25, 0.3) is 11.5 Å². The number of benzene rings is 1. The second-order valence-corrected chi connectivity index (χ2v) is 4.97. The van der Waals surface area contributed by atoms with E-state index in [0.29, 0.717) is 17.9 Å². The number of nitrogens with zero attached hydrogens (tertiary/aromatic N) is 1. The quantitative estimate of drug-likeness (QED) is 0.750. The van der Waals surface area contributed by atoms with Crippen molar-refractivity contribution >= 4 is 5.91 Å². The van der Waals surface area contributed by atoms with E-state index in [2.05, 4.69) is 22.1 Å². The average Bonchev–Trinajstić information content (AvgIpc) is 2.60. The number of rotatable bonds is 7. The van der Waals surface area contributed by atoms with E-state index in [1.807, 2.05) is 6.07 Å². The minimum Gasteiger partial charge on any atom is -0.493 e. The van der Waals surface area contributed by atoms with Crippen LogP contribution in [0.15, 0.2) is 41.7 Å². The van der Waals surface area contributed by atoms with Gasteiger partial charge in [0.1, 0.15) is 5.69 Å². The van der Waals surface area contributed by atoms with Crippen LogP contribution in [0.4, 0.5) is 0 Å². The van der Waals surface area contributed by atoms with Gasteiger partial charge >= 0.3 is 0 Å². The van der Waals surface area contributed by atoms with Gasteiger partial charge in [0.05, 0.1) is 14.2 Å². The molecule has 2 aromatic rings. The molecule has 1 aromatic heterocycles. The molecule has 0 spiro atoms. The molecule has 0 saturated heterocycles. The minimum atomic E-state index is -0.383. The summed E-state index contributed by atoms with van der Waals surface area (Å²) in [6, 6.07) is 6.34. The Kier molecular flexibility index (Phi) is 5.73. The van der Waals surface area contributed by atoms with Gasteiger partial charge in [-0.15, -0.1) is 6.58 Å². The third-order valence-electron chi connectivity index (χ3n) is 3.34. The van der Waals surface area contributed by atoms with Gasteiger partial charge in [-0.1, -0.05) is 6.08 Å². The Hall–Kier alpha value is -3.09. The summed E-state index contributed by atoms with van der Waals surface area (Å²) in [6.45, 7) is 4.02. The number of carbonyl (C=O) groups excluding carboxylic acids is 1. The topological polar surface area (TPSA) is 93.3 Å². The highest BCUT2D eigenvalue weighted by Crippen LogP contribution is 2.33. The van der Waals surface area contributed by atoms with Crippen LogP contribution < -0.4 is 20.3 Å². The number of amides is 1. The van der Waals surface area contributed by atoms with Gasteiger partial charge in [0.2, 0.25) is 0 Å². The fraction of sp³-hybridized carbons (Fsp3) is 0.235. The summed E-state index contributed by atoms with van der Waals surface area (Å²) in [4.78, 5) is 23.0. The van der Waals surface area contributed by atoms with Gasteiger partial charge in [-0.2, -0.15) is 5.10 Å². The third-order valence-corrected chi connectivity index (χ3v) is 3.34. The molecule has 0 radical (unpaired) electrons. The predicted octanol–water partition coefficient (Wildman–Crippen LogP) is 1.45. The lowest BCUT2D eigenvalue weighted by molar-refractivity contribution is 0.0944. The number of H-pyrrole nitrogens is 1. The van der Waals surface area contributed by atoms with Gasteiger partial charge in [-0.25, -0.2) is 5.10 Å². The molecule has 2 rings (SSSR count). The number of aromatic nitrogens is 2. The first kappa shape index (κ1) is 17.3. The van der Waals surface area contributed by atoms with Gasteiger partial charge in [0, 0.05) is 18.2 Å². The van der Waals surface area contributed by atoms with Crippen molar-refractivity contribution in [3.63, 3.8) is 0 Å². The van der Waals surface area contributed by atoms with Crippen molar-refractivity contribution in [3.05, 3.63) is 64.1 Å². The molecule has 0 aliphatic heterocycles. The summed E-state index contributed by atoms with van der Waals surface area (Å²) in [6.07, 6.45) is 2.38. The van der Waals surface area contributed by atoms with Gasteiger partial charge in [-0.3, -0.25) is 9.59 Å². The van der Waals surface area contributed by atoms with Crippen molar-refractivity contribution < 1.29 is 14.3 Å². The molecule has 24 heavy (non-hydrogen) atoms. The fourth-order valence-electron chi connectivity index (χ4n) is 2.26. The lowest BCUT2D eigenvalue weighted by atomic mass is 10.1. The lowest BCUT2D eigenvalue weighted by Crippen LogP contribution is -2.25. The van der Waals surface area contributed by atoms with Crippen LogP contribution in [0.2, 0.25) is 0 Å². The van der Waals surface area contributed by atoms with Crippen molar-refractivity contribution in [1.29, 1.82) is 0 Å². The van der Waals surface area contributed by atoms with Crippen LogP contribution in [0, 0.1) is 0 Å². The maximum Gasteiger partial charge on any atom is 0.271 e. The van der Waals surface area contributed by atoms with E-state index < -0.39 is 0 Å². The molecule has 7 heteroatoms. The van der Waals surface area contributed by atoms with Gasteiger partial charge in [-0.05, 0) is 30.2 Å². The standard InChI is InChI=1S/C17H19N3O4/c1-4-5-12-8-11(9-14(23-2)16(12)24-3)10-18-17(22)13-6-7-15(21)20-19-13/h4,6-9H,1,5,10H2,2-3H3,(H,18,22)(H,20,21). The Bertz CT molecular complexity index is 778. The van der Waals surface area contributed by atoms with Crippen molar-refractivity contribution in [2.45, 2.75) is 13.0 Å². The monoisotopic (exact) mass is 329 g/mol. The number of hydrogen-bond acceptors (Lipinski definition) is 5. The zero-order valence-electron chi connectivity index (χ0n) is 13.6. The zero-order valence-corrected chi connectivity index (χ0v) is 13.6. The van der Waals surface area contributed by atoms with Crippen LogP contribution in [0.3, 0.4) is 0 Å². The minimum absolute atomic E-state index is 0.140. The van der Waals surface area contributed by atoms with Crippen molar-refractivity contribution in [2.24, 2.45) is 0 Å². The SMILES string of the molecule is C=CCc1cc(CNC(=O)c2ccc(=O)[nH]n2)cc(OC)c1OC. The molecule has 0 unspecified atom stereocenters. The Morgan fingerprint density at radius 2 is 2.12 bits per heavy atom. The molecule has 1 amide bonds. The Morgan fingerprint density at radius 3 is 2.71 bits per heavy atom. The summed E-state index contributed by atoms with van der Waals surface area (Å²) in [7, 11) is 3.13. The Morgan fingerprint density at radius 1 is 1.33 bits per heavy atom. The molecule has 7 nitrogen and oxygen atoms in total. The van der Waals surface area contributed by atoms with Crippen molar-refractivity contribution in [2.75, 3.05) is 14.2 Å². The van der Waals surface area contributed by atoms with E-state index in [4.69, 9.17) is 9.47 Å². The first-order chi connectivity index (χ1) is 11.6. The van der Waals surface area contributed by atoms with E-state index in [9.17, 15) is 9.59 Å².